The van der Waals surface area contributed by atoms with Crippen LogP contribution in [-0.4, -0.2) is 28.6 Å². The van der Waals surface area contributed by atoms with Gasteiger partial charge in [0.2, 0.25) is 4.77 Å². The van der Waals surface area contributed by atoms with Crippen LogP contribution in [0.15, 0.2) is 29.2 Å². The average Bonchev–Trinajstić information content (AvgIpc) is 2.63. The number of rotatable bonds is 2. The average molecular weight is 277 g/mol. The number of benzene rings is 1. The van der Waals surface area contributed by atoms with E-state index in [1.54, 1.807) is 12.1 Å². The van der Waals surface area contributed by atoms with Gasteiger partial charge in [0, 0.05) is 10.7 Å². The summed E-state index contributed by atoms with van der Waals surface area (Å²) in [6.07, 6.45) is 0. The van der Waals surface area contributed by atoms with Crippen LogP contribution >= 0.6 is 22.9 Å². The molecule has 0 unspecified atom stereocenters. The van der Waals surface area contributed by atoms with Gasteiger partial charge in [-0.3, -0.25) is 0 Å². The van der Waals surface area contributed by atoms with Crippen molar-refractivity contribution in [1.29, 1.82) is 0 Å². The molecule has 0 amide bonds. The van der Waals surface area contributed by atoms with Crippen LogP contribution in [0, 0.1) is 4.77 Å². The standard InChI is InChI=1S/C7H5ClN4O2S2/c8-16(13,14)6-3-1-2-5(4-6)12-7(15)9-10-11-12/h1-4H,(H,9,11,15). The van der Waals surface area contributed by atoms with Gasteiger partial charge >= 0.3 is 0 Å². The van der Waals surface area contributed by atoms with Gasteiger partial charge < -0.3 is 0 Å². The number of halogens is 1. The molecule has 1 heterocycles. The van der Waals surface area contributed by atoms with Crippen molar-refractivity contribution in [3.63, 3.8) is 0 Å². The number of aromatic nitrogens is 4. The Morgan fingerprint density at radius 2 is 2.19 bits per heavy atom. The summed E-state index contributed by atoms with van der Waals surface area (Å²) in [6, 6.07) is 5.96. The van der Waals surface area contributed by atoms with Crippen LogP contribution in [0.2, 0.25) is 0 Å². The molecule has 2 rings (SSSR count). The Balaban J connectivity index is 2.62. The van der Waals surface area contributed by atoms with Gasteiger partial charge in [0.1, 0.15) is 0 Å². The lowest BCUT2D eigenvalue weighted by molar-refractivity contribution is 0.609. The molecule has 0 atom stereocenters. The summed E-state index contributed by atoms with van der Waals surface area (Å²) >= 11 is 4.88. The van der Waals surface area contributed by atoms with Crippen molar-refractivity contribution in [3.8, 4) is 5.69 Å². The van der Waals surface area contributed by atoms with Crippen molar-refractivity contribution in [2.75, 3.05) is 0 Å². The molecule has 84 valence electrons. The third kappa shape index (κ3) is 2.13. The Morgan fingerprint density at radius 1 is 1.44 bits per heavy atom. The molecule has 0 spiro atoms. The first-order valence-corrected chi connectivity index (χ1v) is 6.75. The number of hydrogen-bond acceptors (Lipinski definition) is 5. The summed E-state index contributed by atoms with van der Waals surface area (Å²) in [5.41, 5.74) is 0.497. The van der Waals surface area contributed by atoms with Crippen molar-refractivity contribution >= 4 is 32.0 Å². The van der Waals surface area contributed by atoms with Crippen LogP contribution < -0.4 is 0 Å². The molecule has 9 heteroatoms. The quantitative estimate of drug-likeness (QED) is 0.660. The number of tetrazole rings is 1. The summed E-state index contributed by atoms with van der Waals surface area (Å²) in [7, 11) is 1.47. The zero-order chi connectivity index (χ0) is 11.8. The summed E-state index contributed by atoms with van der Waals surface area (Å²) in [5, 5.41) is 9.58. The molecule has 0 bridgehead atoms. The number of hydrogen-bond donors (Lipinski definition) is 1. The molecule has 0 fully saturated rings. The maximum atomic E-state index is 11.1. The molecule has 16 heavy (non-hydrogen) atoms. The summed E-state index contributed by atoms with van der Waals surface area (Å²) in [5.74, 6) is 0. The predicted octanol–water partition coefficient (Wildman–Crippen LogP) is 1.25. The van der Waals surface area contributed by atoms with Crippen molar-refractivity contribution in [3.05, 3.63) is 29.0 Å². The SMILES string of the molecule is O=S(=O)(Cl)c1cccc(-n2[nH]nnc2=S)c1. The monoisotopic (exact) mass is 276 g/mol. The lowest BCUT2D eigenvalue weighted by atomic mass is 10.3. The third-order valence-corrected chi connectivity index (χ3v) is 3.44. The molecular weight excluding hydrogens is 272 g/mol. The second kappa shape index (κ2) is 3.96. The third-order valence-electron chi connectivity index (χ3n) is 1.83. The molecule has 0 saturated heterocycles. The zero-order valence-electron chi connectivity index (χ0n) is 7.66. The van der Waals surface area contributed by atoms with Crippen LogP contribution in [0.25, 0.3) is 5.69 Å². The van der Waals surface area contributed by atoms with E-state index in [4.69, 9.17) is 22.9 Å². The topological polar surface area (TPSA) is 80.6 Å². The fourth-order valence-corrected chi connectivity index (χ4v) is 2.12. The Hall–Kier alpha value is -1.25. The van der Waals surface area contributed by atoms with E-state index >= 15 is 0 Å². The van der Waals surface area contributed by atoms with Crippen LogP contribution in [0.3, 0.4) is 0 Å². The maximum absolute atomic E-state index is 11.1. The molecule has 0 aliphatic heterocycles. The van der Waals surface area contributed by atoms with Crippen molar-refractivity contribution in [2.45, 2.75) is 4.90 Å². The smallest absolute Gasteiger partial charge is 0.210 e. The molecular formula is C7H5ClN4O2S2. The van der Waals surface area contributed by atoms with Gasteiger partial charge in [0.05, 0.1) is 10.6 Å². The second-order valence-electron chi connectivity index (χ2n) is 2.85. The van der Waals surface area contributed by atoms with Crippen LogP contribution in [0.5, 0.6) is 0 Å². The van der Waals surface area contributed by atoms with Crippen LogP contribution in [0.4, 0.5) is 0 Å². The lowest BCUT2D eigenvalue weighted by Gasteiger charge is -2.02. The van der Waals surface area contributed by atoms with Crippen LogP contribution in [0.1, 0.15) is 0 Å². The van der Waals surface area contributed by atoms with E-state index in [0.29, 0.717) is 5.69 Å². The normalized spacial score (nSPS) is 11.6. The number of nitrogens with one attached hydrogen (secondary N) is 1. The fraction of sp³-hybridized carbons (Fsp3) is 0. The molecule has 1 aromatic carbocycles. The molecule has 2 aromatic rings. The van der Waals surface area contributed by atoms with Gasteiger partial charge in [-0.2, -0.15) is 5.21 Å². The minimum atomic E-state index is -3.76. The first-order chi connectivity index (χ1) is 7.48. The molecule has 0 radical (unpaired) electrons. The van der Waals surface area contributed by atoms with E-state index < -0.39 is 9.05 Å². The number of nitrogens with zero attached hydrogens (tertiary/aromatic N) is 3. The molecule has 1 aromatic heterocycles. The van der Waals surface area contributed by atoms with E-state index in [-0.39, 0.29) is 9.67 Å². The van der Waals surface area contributed by atoms with Gasteiger partial charge in [-0.15, -0.1) is 0 Å². The van der Waals surface area contributed by atoms with Gasteiger partial charge in [0.15, 0.2) is 0 Å². The molecule has 0 aliphatic carbocycles. The number of aromatic amines is 1. The summed E-state index contributed by atoms with van der Waals surface area (Å²) in [4.78, 5) is -0.0110. The van der Waals surface area contributed by atoms with E-state index in [0.717, 1.165) is 0 Å². The van der Waals surface area contributed by atoms with E-state index in [1.807, 2.05) is 0 Å². The van der Waals surface area contributed by atoms with Crippen molar-refractivity contribution in [2.24, 2.45) is 0 Å². The van der Waals surface area contributed by atoms with E-state index in [1.165, 1.54) is 16.8 Å². The molecule has 6 nitrogen and oxygen atoms in total. The molecule has 0 saturated carbocycles. The van der Waals surface area contributed by atoms with Gasteiger partial charge in [-0.25, -0.2) is 13.1 Å². The van der Waals surface area contributed by atoms with Gasteiger partial charge in [0.25, 0.3) is 9.05 Å². The summed E-state index contributed by atoms with van der Waals surface area (Å²) in [6.45, 7) is 0. The molecule has 1 N–H and O–H groups in total. The predicted molar refractivity (Wildman–Crippen MR) is 59.6 cm³/mol. The largest absolute Gasteiger partial charge is 0.261 e. The second-order valence-corrected chi connectivity index (χ2v) is 5.78. The fourth-order valence-electron chi connectivity index (χ4n) is 1.14. The van der Waals surface area contributed by atoms with Gasteiger partial charge in [-0.05, 0) is 30.4 Å². The lowest BCUT2D eigenvalue weighted by Crippen LogP contribution is -1.99. The highest BCUT2D eigenvalue weighted by Crippen LogP contribution is 2.17. The molecule has 0 aliphatic rings. The zero-order valence-corrected chi connectivity index (χ0v) is 10.1. The highest BCUT2D eigenvalue weighted by molar-refractivity contribution is 8.13. The Bertz CT molecular complexity index is 675. The van der Waals surface area contributed by atoms with E-state index in [9.17, 15) is 8.42 Å². The Morgan fingerprint density at radius 3 is 2.75 bits per heavy atom. The number of H-pyrrole nitrogens is 1. The first kappa shape index (κ1) is 11.2. The first-order valence-electron chi connectivity index (χ1n) is 4.04. The Kier molecular flexibility index (Phi) is 2.78. The van der Waals surface area contributed by atoms with Crippen LogP contribution in [-0.2, 0) is 9.05 Å². The van der Waals surface area contributed by atoms with E-state index in [2.05, 4.69) is 15.5 Å². The minimum Gasteiger partial charge on any atom is -0.210 e. The van der Waals surface area contributed by atoms with Crippen molar-refractivity contribution in [1.82, 2.24) is 20.2 Å². The highest BCUT2D eigenvalue weighted by atomic mass is 35.7. The maximum Gasteiger partial charge on any atom is 0.261 e. The summed E-state index contributed by atoms with van der Waals surface area (Å²) < 4.78 is 23.8. The Labute approximate surface area is 100 Å². The highest BCUT2D eigenvalue weighted by Gasteiger charge is 2.11. The van der Waals surface area contributed by atoms with Gasteiger partial charge in [-0.1, -0.05) is 16.4 Å². The minimum absolute atomic E-state index is 0.0110. The van der Waals surface area contributed by atoms with Crippen molar-refractivity contribution < 1.29 is 8.42 Å².